The molecule has 0 aliphatic carbocycles. The van der Waals surface area contributed by atoms with E-state index in [0.717, 1.165) is 0 Å². The predicted octanol–water partition coefficient (Wildman–Crippen LogP) is 1.34. The van der Waals surface area contributed by atoms with Gasteiger partial charge in [0, 0.05) is 19.4 Å². The largest absolute Gasteiger partial charge is 0.480 e. The number of hydrogen-bond donors (Lipinski definition) is 1. The fourth-order valence-corrected chi connectivity index (χ4v) is 2.54. The van der Waals surface area contributed by atoms with E-state index < -0.39 is 12.0 Å². The number of aliphatic carboxylic acids is 1. The lowest BCUT2D eigenvalue weighted by Gasteiger charge is -2.20. The predicted molar refractivity (Wildman–Crippen MR) is 72.7 cm³/mol. The molecule has 1 aliphatic rings. The Morgan fingerprint density at radius 1 is 1.45 bits per heavy atom. The van der Waals surface area contributed by atoms with Crippen molar-refractivity contribution in [3.63, 3.8) is 0 Å². The molecule has 0 radical (unpaired) electrons. The molecule has 0 bridgehead atoms. The van der Waals surface area contributed by atoms with Gasteiger partial charge in [-0.25, -0.2) is 4.79 Å². The minimum Gasteiger partial charge on any atom is -0.480 e. The number of amides is 1. The Bertz CT molecular complexity index is 664. The maximum atomic E-state index is 12.1. The molecule has 0 spiro atoms. The number of furan rings is 1. The third kappa shape index (κ3) is 2.85. The van der Waals surface area contributed by atoms with Crippen LogP contribution in [0.3, 0.4) is 0 Å². The van der Waals surface area contributed by atoms with Gasteiger partial charge in [0.05, 0.1) is 11.8 Å². The molecule has 2 aromatic rings. The number of carboxylic acid groups (broad SMARTS) is 1. The fraction of sp³-hybridized carbons (Fsp3) is 0.429. The molecule has 22 heavy (non-hydrogen) atoms. The van der Waals surface area contributed by atoms with E-state index in [1.54, 1.807) is 6.07 Å². The van der Waals surface area contributed by atoms with Gasteiger partial charge in [0.15, 0.2) is 0 Å². The standard InChI is InChI=1S/C14H15N3O5/c18-12(17-6-1-2-10(17)14(19)20)4-3-11-15-13(16-22-11)9-5-7-21-8-9/h5,7-8,10H,1-4,6H2,(H,19,20). The summed E-state index contributed by atoms with van der Waals surface area (Å²) in [4.78, 5) is 28.8. The number of aryl methyl sites for hydroxylation is 1. The summed E-state index contributed by atoms with van der Waals surface area (Å²) in [6.07, 6.45) is 4.67. The molecule has 0 aromatic carbocycles. The molecular weight excluding hydrogens is 290 g/mol. The van der Waals surface area contributed by atoms with Crippen LogP contribution in [0.5, 0.6) is 0 Å². The summed E-state index contributed by atoms with van der Waals surface area (Å²) >= 11 is 0. The molecule has 116 valence electrons. The van der Waals surface area contributed by atoms with Gasteiger partial charge in [0.1, 0.15) is 12.3 Å². The zero-order valence-corrected chi connectivity index (χ0v) is 11.8. The molecule has 8 heteroatoms. The van der Waals surface area contributed by atoms with E-state index in [4.69, 9.17) is 14.0 Å². The minimum absolute atomic E-state index is 0.150. The number of carbonyl (C=O) groups excluding carboxylic acids is 1. The smallest absolute Gasteiger partial charge is 0.326 e. The Balaban J connectivity index is 1.58. The lowest BCUT2D eigenvalue weighted by molar-refractivity contribution is -0.148. The van der Waals surface area contributed by atoms with Crippen molar-refractivity contribution in [2.45, 2.75) is 31.7 Å². The number of rotatable bonds is 5. The van der Waals surface area contributed by atoms with Gasteiger partial charge in [0.25, 0.3) is 0 Å². The summed E-state index contributed by atoms with van der Waals surface area (Å²) in [5.74, 6) is -0.407. The van der Waals surface area contributed by atoms with Crippen molar-refractivity contribution in [3.8, 4) is 11.4 Å². The van der Waals surface area contributed by atoms with Crippen LogP contribution in [0.4, 0.5) is 0 Å². The second-order valence-corrected chi connectivity index (χ2v) is 5.11. The summed E-state index contributed by atoms with van der Waals surface area (Å²) < 4.78 is 10.0. The van der Waals surface area contributed by atoms with E-state index in [2.05, 4.69) is 10.1 Å². The molecular formula is C14H15N3O5. The van der Waals surface area contributed by atoms with E-state index in [9.17, 15) is 9.59 Å². The summed E-state index contributed by atoms with van der Waals surface area (Å²) in [5.41, 5.74) is 0.701. The molecule has 2 aromatic heterocycles. The number of carbonyl (C=O) groups is 2. The van der Waals surface area contributed by atoms with Gasteiger partial charge >= 0.3 is 5.97 Å². The average Bonchev–Trinajstić information content (AvgIpc) is 3.23. The van der Waals surface area contributed by atoms with Crippen molar-refractivity contribution in [1.29, 1.82) is 0 Å². The highest BCUT2D eigenvalue weighted by Crippen LogP contribution is 2.20. The first kappa shape index (κ1) is 14.3. The van der Waals surface area contributed by atoms with E-state index in [0.29, 0.717) is 36.7 Å². The highest BCUT2D eigenvalue weighted by Gasteiger charge is 2.33. The van der Waals surface area contributed by atoms with Crippen LogP contribution in [0.25, 0.3) is 11.4 Å². The van der Waals surface area contributed by atoms with Crippen LogP contribution in [-0.4, -0.2) is 44.6 Å². The Morgan fingerprint density at radius 2 is 2.32 bits per heavy atom. The van der Waals surface area contributed by atoms with Gasteiger partial charge < -0.3 is 18.9 Å². The Kier molecular flexibility index (Phi) is 3.90. The van der Waals surface area contributed by atoms with E-state index >= 15 is 0 Å². The highest BCUT2D eigenvalue weighted by atomic mass is 16.5. The quantitative estimate of drug-likeness (QED) is 0.887. The molecule has 3 heterocycles. The molecule has 1 amide bonds. The maximum Gasteiger partial charge on any atom is 0.326 e. The van der Waals surface area contributed by atoms with Crippen molar-refractivity contribution in [2.24, 2.45) is 0 Å². The highest BCUT2D eigenvalue weighted by molar-refractivity contribution is 5.84. The maximum absolute atomic E-state index is 12.1. The van der Waals surface area contributed by atoms with E-state index in [1.807, 2.05) is 0 Å². The normalized spacial score (nSPS) is 17.8. The van der Waals surface area contributed by atoms with Gasteiger partial charge in [-0.1, -0.05) is 5.16 Å². The van der Waals surface area contributed by atoms with Crippen LogP contribution < -0.4 is 0 Å². The average molecular weight is 305 g/mol. The summed E-state index contributed by atoms with van der Waals surface area (Å²) in [6, 6.07) is 0.998. The second-order valence-electron chi connectivity index (χ2n) is 5.11. The SMILES string of the molecule is O=C(O)C1CCCN1C(=O)CCc1nc(-c2ccoc2)no1. The van der Waals surface area contributed by atoms with Crippen LogP contribution in [0.2, 0.25) is 0 Å². The lowest BCUT2D eigenvalue weighted by atomic mass is 10.2. The third-order valence-corrected chi connectivity index (χ3v) is 3.66. The molecule has 1 atom stereocenters. The van der Waals surface area contributed by atoms with E-state index in [-0.39, 0.29) is 18.7 Å². The molecule has 1 N–H and O–H groups in total. The Morgan fingerprint density at radius 3 is 3.05 bits per heavy atom. The van der Waals surface area contributed by atoms with Crippen molar-refractivity contribution in [1.82, 2.24) is 15.0 Å². The number of likely N-dealkylation sites (tertiary alicyclic amines) is 1. The number of carboxylic acids is 1. The fourth-order valence-electron chi connectivity index (χ4n) is 2.54. The monoisotopic (exact) mass is 305 g/mol. The number of hydrogen-bond acceptors (Lipinski definition) is 6. The Labute approximate surface area is 125 Å². The summed E-state index contributed by atoms with van der Waals surface area (Å²) in [6.45, 7) is 0.486. The summed E-state index contributed by atoms with van der Waals surface area (Å²) in [5, 5.41) is 12.9. The molecule has 0 saturated carbocycles. The van der Waals surface area contributed by atoms with Crippen LogP contribution in [0.1, 0.15) is 25.2 Å². The molecule has 1 unspecified atom stereocenters. The van der Waals surface area contributed by atoms with Crippen molar-refractivity contribution >= 4 is 11.9 Å². The number of nitrogens with zero attached hydrogens (tertiary/aromatic N) is 3. The first-order valence-electron chi connectivity index (χ1n) is 7.02. The molecule has 8 nitrogen and oxygen atoms in total. The van der Waals surface area contributed by atoms with Gasteiger partial charge in [0.2, 0.25) is 17.6 Å². The zero-order chi connectivity index (χ0) is 15.5. The van der Waals surface area contributed by atoms with Gasteiger partial charge in [-0.15, -0.1) is 0 Å². The van der Waals surface area contributed by atoms with Crippen molar-refractivity contribution in [2.75, 3.05) is 6.54 Å². The first-order chi connectivity index (χ1) is 10.6. The lowest BCUT2D eigenvalue weighted by Crippen LogP contribution is -2.40. The molecule has 1 saturated heterocycles. The second kappa shape index (κ2) is 6.00. The van der Waals surface area contributed by atoms with Crippen molar-refractivity contribution in [3.05, 3.63) is 24.5 Å². The summed E-state index contributed by atoms with van der Waals surface area (Å²) in [7, 11) is 0. The topological polar surface area (TPSA) is 110 Å². The van der Waals surface area contributed by atoms with Crippen LogP contribution in [0, 0.1) is 0 Å². The first-order valence-corrected chi connectivity index (χ1v) is 7.02. The molecule has 3 rings (SSSR count). The zero-order valence-electron chi connectivity index (χ0n) is 11.8. The van der Waals surface area contributed by atoms with Crippen molar-refractivity contribution < 1.29 is 23.6 Å². The van der Waals surface area contributed by atoms with Gasteiger partial charge in [-0.05, 0) is 18.9 Å². The Hall–Kier alpha value is -2.64. The molecule has 1 aliphatic heterocycles. The van der Waals surface area contributed by atoms with Crippen LogP contribution in [0.15, 0.2) is 27.5 Å². The van der Waals surface area contributed by atoms with Crippen LogP contribution >= 0.6 is 0 Å². The van der Waals surface area contributed by atoms with Gasteiger partial charge in [-0.3, -0.25) is 4.79 Å². The number of aromatic nitrogens is 2. The molecule has 1 fully saturated rings. The minimum atomic E-state index is -0.953. The van der Waals surface area contributed by atoms with Crippen LogP contribution in [-0.2, 0) is 16.0 Å². The third-order valence-electron chi connectivity index (χ3n) is 3.66. The van der Waals surface area contributed by atoms with Gasteiger partial charge in [-0.2, -0.15) is 4.98 Å². The van der Waals surface area contributed by atoms with E-state index in [1.165, 1.54) is 17.4 Å².